The van der Waals surface area contributed by atoms with Crippen molar-refractivity contribution in [2.24, 2.45) is 5.92 Å². The third-order valence-corrected chi connectivity index (χ3v) is 3.44. The maximum absolute atomic E-state index is 13.2. The van der Waals surface area contributed by atoms with E-state index in [1.807, 2.05) is 0 Å². The second-order valence-corrected chi connectivity index (χ2v) is 4.57. The van der Waals surface area contributed by atoms with Gasteiger partial charge in [-0.2, -0.15) is 0 Å². The van der Waals surface area contributed by atoms with Crippen molar-refractivity contribution in [2.45, 2.75) is 31.8 Å². The number of aliphatic hydroxyl groups is 1. The second kappa shape index (κ2) is 4.50. The molecule has 1 saturated carbocycles. The summed E-state index contributed by atoms with van der Waals surface area (Å²) in [6.07, 6.45) is 3.85. The van der Waals surface area contributed by atoms with E-state index in [1.165, 1.54) is 12.1 Å². The van der Waals surface area contributed by atoms with Crippen LogP contribution in [0.1, 0.15) is 37.4 Å². The highest BCUT2D eigenvalue weighted by Gasteiger charge is 2.24. The van der Waals surface area contributed by atoms with E-state index in [9.17, 15) is 9.50 Å². The predicted molar refractivity (Wildman–Crippen MR) is 58.3 cm³/mol. The third kappa shape index (κ3) is 2.32. The molecule has 0 heterocycles. The summed E-state index contributed by atoms with van der Waals surface area (Å²) >= 11 is 5.59. The van der Waals surface area contributed by atoms with Crippen molar-refractivity contribution in [3.63, 3.8) is 0 Å². The highest BCUT2D eigenvalue weighted by molar-refractivity contribution is 6.30. The van der Waals surface area contributed by atoms with Crippen LogP contribution in [0.3, 0.4) is 0 Å². The lowest BCUT2D eigenvalue weighted by molar-refractivity contribution is 0.111. The summed E-state index contributed by atoms with van der Waals surface area (Å²) in [6.45, 7) is 0. The number of hydrogen-bond acceptors (Lipinski definition) is 1. The Morgan fingerprint density at radius 3 is 2.60 bits per heavy atom. The van der Waals surface area contributed by atoms with Crippen molar-refractivity contribution >= 4 is 11.6 Å². The van der Waals surface area contributed by atoms with Crippen LogP contribution in [0.15, 0.2) is 18.2 Å². The molecule has 1 aliphatic carbocycles. The molecule has 0 spiro atoms. The van der Waals surface area contributed by atoms with Crippen LogP contribution in [0.5, 0.6) is 0 Å². The number of rotatable bonds is 2. The summed E-state index contributed by atoms with van der Waals surface area (Å²) < 4.78 is 13.2. The normalized spacial score (nSPS) is 19.4. The van der Waals surface area contributed by atoms with Crippen LogP contribution in [0.2, 0.25) is 5.02 Å². The second-order valence-electron chi connectivity index (χ2n) is 4.16. The SMILES string of the molecule is OC(c1ccc(Cl)c(F)c1)C1CCCC1. The Bertz CT molecular complexity index is 347. The van der Waals surface area contributed by atoms with Crippen molar-refractivity contribution in [1.29, 1.82) is 0 Å². The summed E-state index contributed by atoms with van der Waals surface area (Å²) in [5.41, 5.74) is 0.642. The van der Waals surface area contributed by atoms with E-state index in [-0.39, 0.29) is 10.9 Å². The van der Waals surface area contributed by atoms with Gasteiger partial charge >= 0.3 is 0 Å². The number of benzene rings is 1. The minimum Gasteiger partial charge on any atom is -0.388 e. The van der Waals surface area contributed by atoms with E-state index in [0.29, 0.717) is 5.56 Å². The first-order valence-corrected chi connectivity index (χ1v) is 5.69. The standard InChI is InChI=1S/C12H14ClFO/c13-10-6-5-9(7-11(10)14)12(15)8-3-1-2-4-8/h5-8,12,15H,1-4H2. The first-order valence-electron chi connectivity index (χ1n) is 5.31. The van der Waals surface area contributed by atoms with Gasteiger partial charge in [-0.15, -0.1) is 0 Å². The molecule has 82 valence electrons. The summed E-state index contributed by atoms with van der Waals surface area (Å²) in [7, 11) is 0. The van der Waals surface area contributed by atoms with E-state index in [2.05, 4.69) is 0 Å². The summed E-state index contributed by atoms with van der Waals surface area (Å²) in [5, 5.41) is 10.1. The Morgan fingerprint density at radius 1 is 1.33 bits per heavy atom. The molecule has 15 heavy (non-hydrogen) atoms. The minimum atomic E-state index is -0.542. The van der Waals surface area contributed by atoms with E-state index < -0.39 is 11.9 Å². The molecule has 2 rings (SSSR count). The van der Waals surface area contributed by atoms with Gasteiger partial charge in [0.05, 0.1) is 11.1 Å². The molecular formula is C12H14ClFO. The molecule has 1 N–H and O–H groups in total. The molecule has 1 aromatic carbocycles. The lowest BCUT2D eigenvalue weighted by Crippen LogP contribution is -2.09. The van der Waals surface area contributed by atoms with Gasteiger partial charge in [-0.25, -0.2) is 4.39 Å². The average Bonchev–Trinajstić information content (AvgIpc) is 2.74. The zero-order chi connectivity index (χ0) is 10.8. The fourth-order valence-electron chi connectivity index (χ4n) is 2.24. The molecular weight excluding hydrogens is 215 g/mol. The molecule has 3 heteroatoms. The fraction of sp³-hybridized carbons (Fsp3) is 0.500. The van der Waals surface area contributed by atoms with E-state index in [1.54, 1.807) is 6.07 Å². The Morgan fingerprint density at radius 2 is 2.00 bits per heavy atom. The lowest BCUT2D eigenvalue weighted by atomic mass is 9.94. The Hall–Kier alpha value is -0.600. The van der Waals surface area contributed by atoms with Crippen molar-refractivity contribution in [1.82, 2.24) is 0 Å². The van der Waals surface area contributed by atoms with Gasteiger partial charge in [0.2, 0.25) is 0 Å². The molecule has 0 aromatic heterocycles. The lowest BCUT2D eigenvalue weighted by Gasteiger charge is -2.18. The summed E-state index contributed by atoms with van der Waals surface area (Å²) in [4.78, 5) is 0. The maximum atomic E-state index is 13.2. The average molecular weight is 229 g/mol. The van der Waals surface area contributed by atoms with Crippen LogP contribution < -0.4 is 0 Å². The van der Waals surface area contributed by atoms with E-state index >= 15 is 0 Å². The van der Waals surface area contributed by atoms with Gasteiger partial charge in [-0.3, -0.25) is 0 Å². The van der Waals surface area contributed by atoms with Gasteiger partial charge in [0.15, 0.2) is 0 Å². The molecule has 0 amide bonds. The molecule has 1 unspecified atom stereocenters. The molecule has 1 atom stereocenters. The molecule has 0 bridgehead atoms. The molecule has 0 aliphatic heterocycles. The Balaban J connectivity index is 2.17. The van der Waals surface area contributed by atoms with E-state index in [4.69, 9.17) is 11.6 Å². The quantitative estimate of drug-likeness (QED) is 0.818. The first-order chi connectivity index (χ1) is 7.18. The number of hydrogen-bond donors (Lipinski definition) is 1. The van der Waals surface area contributed by atoms with Crippen LogP contribution in [-0.4, -0.2) is 5.11 Å². The van der Waals surface area contributed by atoms with Crippen LogP contribution >= 0.6 is 11.6 Å². The van der Waals surface area contributed by atoms with Crippen LogP contribution in [-0.2, 0) is 0 Å². The Labute approximate surface area is 93.9 Å². The summed E-state index contributed by atoms with van der Waals surface area (Å²) in [6, 6.07) is 4.55. The predicted octanol–water partition coefficient (Wildman–Crippen LogP) is 3.70. The molecule has 1 aliphatic rings. The smallest absolute Gasteiger partial charge is 0.142 e. The summed E-state index contributed by atoms with van der Waals surface area (Å²) in [5.74, 6) is -0.170. The molecule has 0 saturated heterocycles. The number of halogens is 2. The largest absolute Gasteiger partial charge is 0.388 e. The Kier molecular flexibility index (Phi) is 3.27. The first kappa shape index (κ1) is 10.9. The minimum absolute atomic E-state index is 0.109. The van der Waals surface area contributed by atoms with Crippen molar-refractivity contribution in [3.05, 3.63) is 34.6 Å². The molecule has 1 aromatic rings. The highest BCUT2D eigenvalue weighted by Crippen LogP contribution is 2.36. The monoisotopic (exact) mass is 228 g/mol. The van der Waals surface area contributed by atoms with Crippen LogP contribution in [0.4, 0.5) is 4.39 Å². The molecule has 0 radical (unpaired) electrons. The topological polar surface area (TPSA) is 20.2 Å². The van der Waals surface area contributed by atoms with Crippen molar-refractivity contribution in [3.8, 4) is 0 Å². The van der Waals surface area contributed by atoms with Crippen LogP contribution in [0.25, 0.3) is 0 Å². The molecule has 1 fully saturated rings. The third-order valence-electron chi connectivity index (χ3n) is 3.13. The van der Waals surface area contributed by atoms with E-state index in [0.717, 1.165) is 25.7 Å². The van der Waals surface area contributed by atoms with Gasteiger partial charge in [-0.05, 0) is 36.5 Å². The van der Waals surface area contributed by atoms with Crippen molar-refractivity contribution in [2.75, 3.05) is 0 Å². The van der Waals surface area contributed by atoms with Crippen molar-refractivity contribution < 1.29 is 9.50 Å². The highest BCUT2D eigenvalue weighted by atomic mass is 35.5. The van der Waals surface area contributed by atoms with Gasteiger partial charge in [0.25, 0.3) is 0 Å². The zero-order valence-corrected chi connectivity index (χ0v) is 9.17. The van der Waals surface area contributed by atoms with Gasteiger partial charge in [-0.1, -0.05) is 30.5 Å². The van der Waals surface area contributed by atoms with Gasteiger partial charge in [0.1, 0.15) is 5.82 Å². The van der Waals surface area contributed by atoms with Crippen LogP contribution in [0, 0.1) is 11.7 Å². The maximum Gasteiger partial charge on any atom is 0.142 e. The molecule has 1 nitrogen and oxygen atoms in total. The number of aliphatic hydroxyl groups excluding tert-OH is 1. The van der Waals surface area contributed by atoms with Gasteiger partial charge in [0, 0.05) is 0 Å². The fourth-order valence-corrected chi connectivity index (χ4v) is 2.36. The zero-order valence-electron chi connectivity index (χ0n) is 8.42. The van der Waals surface area contributed by atoms with Gasteiger partial charge < -0.3 is 5.11 Å².